The summed E-state index contributed by atoms with van der Waals surface area (Å²) >= 11 is 0. The lowest BCUT2D eigenvalue weighted by molar-refractivity contribution is 0.0697. The lowest BCUT2D eigenvalue weighted by Crippen LogP contribution is -2.27. The van der Waals surface area contributed by atoms with Crippen LogP contribution in [-0.4, -0.2) is 24.2 Å². The van der Waals surface area contributed by atoms with Crippen molar-refractivity contribution in [3.63, 3.8) is 0 Å². The summed E-state index contributed by atoms with van der Waals surface area (Å²) in [5.41, 5.74) is 1.48. The molecular weight excluding hydrogens is 240 g/mol. The van der Waals surface area contributed by atoms with Crippen LogP contribution in [0.1, 0.15) is 42.1 Å². The van der Waals surface area contributed by atoms with E-state index in [-0.39, 0.29) is 5.56 Å². The number of hydrogen-bond acceptors (Lipinski definition) is 3. The van der Waals surface area contributed by atoms with Crippen LogP contribution >= 0.6 is 0 Å². The van der Waals surface area contributed by atoms with E-state index in [1.807, 2.05) is 0 Å². The van der Waals surface area contributed by atoms with Gasteiger partial charge in [0.2, 0.25) is 0 Å². The number of carboxylic acids is 1. The minimum atomic E-state index is -0.993. The maximum atomic E-state index is 10.9. The molecule has 1 aliphatic carbocycles. The molecule has 100 valence electrons. The monoisotopic (exact) mass is 258 g/mol. The highest BCUT2D eigenvalue weighted by Gasteiger charge is 2.25. The molecular formula is C15H18N2O2. The number of carbonyl (C=O) groups is 1. The Balaban J connectivity index is 2.29. The van der Waals surface area contributed by atoms with Crippen LogP contribution in [0.4, 0.5) is 5.69 Å². The SMILES string of the molecule is CCCN(CC1CC1)c1ccc(C(=O)O)cc1C#N. The summed E-state index contributed by atoms with van der Waals surface area (Å²) < 4.78 is 0. The fourth-order valence-electron chi connectivity index (χ4n) is 2.23. The van der Waals surface area contributed by atoms with Gasteiger partial charge in [0.15, 0.2) is 0 Å². The number of benzene rings is 1. The van der Waals surface area contributed by atoms with Crippen molar-refractivity contribution in [3.8, 4) is 6.07 Å². The second-order valence-corrected chi connectivity index (χ2v) is 5.04. The second-order valence-electron chi connectivity index (χ2n) is 5.04. The number of anilines is 1. The molecule has 0 bridgehead atoms. The summed E-state index contributed by atoms with van der Waals surface area (Å²) in [6.45, 7) is 3.98. The molecule has 4 heteroatoms. The highest BCUT2D eigenvalue weighted by Crippen LogP contribution is 2.32. The molecule has 1 fully saturated rings. The first-order valence-electron chi connectivity index (χ1n) is 6.68. The first kappa shape index (κ1) is 13.4. The fourth-order valence-corrected chi connectivity index (χ4v) is 2.23. The molecule has 1 N–H and O–H groups in total. The number of aromatic carboxylic acids is 1. The van der Waals surface area contributed by atoms with E-state index in [9.17, 15) is 10.1 Å². The third kappa shape index (κ3) is 3.25. The predicted octanol–water partition coefficient (Wildman–Crippen LogP) is 2.88. The molecule has 2 rings (SSSR count). The van der Waals surface area contributed by atoms with Gasteiger partial charge in [0, 0.05) is 13.1 Å². The molecule has 0 heterocycles. The van der Waals surface area contributed by atoms with Gasteiger partial charge in [-0.25, -0.2) is 4.79 Å². The van der Waals surface area contributed by atoms with E-state index in [1.165, 1.54) is 18.9 Å². The Bertz CT molecular complexity index is 515. The van der Waals surface area contributed by atoms with Gasteiger partial charge in [-0.05, 0) is 43.4 Å². The van der Waals surface area contributed by atoms with Crippen molar-refractivity contribution in [1.82, 2.24) is 0 Å². The molecule has 0 amide bonds. The summed E-state index contributed by atoms with van der Waals surface area (Å²) in [5.74, 6) is -0.260. The molecule has 0 atom stereocenters. The van der Waals surface area contributed by atoms with Crippen LogP contribution in [-0.2, 0) is 0 Å². The third-order valence-corrected chi connectivity index (χ3v) is 3.37. The van der Waals surface area contributed by atoms with Gasteiger partial charge in [-0.15, -0.1) is 0 Å². The summed E-state index contributed by atoms with van der Waals surface area (Å²) in [4.78, 5) is 13.2. The molecule has 19 heavy (non-hydrogen) atoms. The van der Waals surface area contributed by atoms with Crippen molar-refractivity contribution in [2.24, 2.45) is 5.92 Å². The lowest BCUT2D eigenvalue weighted by atomic mass is 10.1. The highest BCUT2D eigenvalue weighted by atomic mass is 16.4. The number of nitrogens with zero attached hydrogens (tertiary/aromatic N) is 2. The third-order valence-electron chi connectivity index (χ3n) is 3.37. The van der Waals surface area contributed by atoms with Crippen molar-refractivity contribution in [2.75, 3.05) is 18.0 Å². The molecule has 1 aromatic rings. The van der Waals surface area contributed by atoms with Crippen molar-refractivity contribution in [3.05, 3.63) is 29.3 Å². The Morgan fingerprint density at radius 3 is 2.79 bits per heavy atom. The van der Waals surface area contributed by atoms with Gasteiger partial charge >= 0.3 is 5.97 Å². The smallest absolute Gasteiger partial charge is 0.335 e. The van der Waals surface area contributed by atoms with Crippen LogP contribution in [0, 0.1) is 17.2 Å². The molecule has 0 spiro atoms. The molecule has 0 unspecified atom stereocenters. The van der Waals surface area contributed by atoms with Gasteiger partial charge in [0.25, 0.3) is 0 Å². The Hall–Kier alpha value is -2.02. The van der Waals surface area contributed by atoms with E-state index in [4.69, 9.17) is 5.11 Å². The van der Waals surface area contributed by atoms with Crippen molar-refractivity contribution >= 4 is 11.7 Å². The second kappa shape index (κ2) is 5.75. The molecule has 0 aromatic heterocycles. The zero-order valence-electron chi connectivity index (χ0n) is 11.1. The van der Waals surface area contributed by atoms with Gasteiger partial charge in [-0.3, -0.25) is 0 Å². The number of carboxylic acid groups (broad SMARTS) is 1. The Morgan fingerprint density at radius 1 is 1.53 bits per heavy atom. The largest absolute Gasteiger partial charge is 0.478 e. The molecule has 0 saturated heterocycles. The molecule has 4 nitrogen and oxygen atoms in total. The molecule has 0 aliphatic heterocycles. The Labute approximate surface area is 113 Å². The molecule has 1 aromatic carbocycles. The van der Waals surface area contributed by atoms with E-state index >= 15 is 0 Å². The van der Waals surface area contributed by atoms with Crippen molar-refractivity contribution in [2.45, 2.75) is 26.2 Å². The Kier molecular flexibility index (Phi) is 4.06. The van der Waals surface area contributed by atoms with Gasteiger partial charge < -0.3 is 10.0 Å². The van der Waals surface area contributed by atoms with E-state index in [1.54, 1.807) is 12.1 Å². The van der Waals surface area contributed by atoms with Gasteiger partial charge in [-0.2, -0.15) is 5.26 Å². The van der Waals surface area contributed by atoms with E-state index in [2.05, 4.69) is 17.9 Å². The van der Waals surface area contributed by atoms with E-state index < -0.39 is 5.97 Å². The maximum Gasteiger partial charge on any atom is 0.335 e. The first-order valence-corrected chi connectivity index (χ1v) is 6.68. The quantitative estimate of drug-likeness (QED) is 0.852. The molecule has 1 saturated carbocycles. The Morgan fingerprint density at radius 2 is 2.26 bits per heavy atom. The minimum absolute atomic E-state index is 0.170. The van der Waals surface area contributed by atoms with E-state index in [0.29, 0.717) is 5.56 Å². The standard InChI is InChI=1S/C15H18N2O2/c1-2-7-17(10-11-3-4-11)14-6-5-12(15(18)19)8-13(14)9-16/h5-6,8,11H,2-4,7,10H2,1H3,(H,18,19). The minimum Gasteiger partial charge on any atom is -0.478 e. The van der Waals surface area contributed by atoms with Gasteiger partial charge in [0.1, 0.15) is 6.07 Å². The number of nitriles is 1. The fraction of sp³-hybridized carbons (Fsp3) is 0.467. The maximum absolute atomic E-state index is 10.9. The van der Waals surface area contributed by atoms with Gasteiger partial charge in [-0.1, -0.05) is 6.92 Å². The summed E-state index contributed by atoms with van der Waals surface area (Å²) in [5, 5.41) is 18.2. The molecule has 1 aliphatic rings. The van der Waals surface area contributed by atoms with Crippen molar-refractivity contribution in [1.29, 1.82) is 5.26 Å². The van der Waals surface area contributed by atoms with Gasteiger partial charge in [0.05, 0.1) is 16.8 Å². The van der Waals surface area contributed by atoms with Crippen LogP contribution in [0.3, 0.4) is 0 Å². The summed E-state index contributed by atoms with van der Waals surface area (Å²) in [7, 11) is 0. The topological polar surface area (TPSA) is 64.3 Å². The molecule has 0 radical (unpaired) electrons. The van der Waals surface area contributed by atoms with Crippen LogP contribution in [0.25, 0.3) is 0 Å². The normalized spacial score (nSPS) is 13.9. The zero-order valence-corrected chi connectivity index (χ0v) is 11.1. The summed E-state index contributed by atoms with van der Waals surface area (Å²) in [6, 6.07) is 6.93. The van der Waals surface area contributed by atoms with Crippen LogP contribution < -0.4 is 4.90 Å². The highest BCUT2D eigenvalue weighted by molar-refractivity contribution is 5.89. The van der Waals surface area contributed by atoms with Crippen molar-refractivity contribution < 1.29 is 9.90 Å². The lowest BCUT2D eigenvalue weighted by Gasteiger charge is -2.25. The summed E-state index contributed by atoms with van der Waals surface area (Å²) in [6.07, 6.45) is 3.53. The average Bonchev–Trinajstić information content (AvgIpc) is 3.21. The first-order chi connectivity index (χ1) is 9.15. The number of hydrogen-bond donors (Lipinski definition) is 1. The van der Waals surface area contributed by atoms with Crippen LogP contribution in [0.5, 0.6) is 0 Å². The van der Waals surface area contributed by atoms with Crippen LogP contribution in [0.15, 0.2) is 18.2 Å². The zero-order chi connectivity index (χ0) is 13.8. The average molecular weight is 258 g/mol. The predicted molar refractivity (Wildman–Crippen MR) is 73.3 cm³/mol. The van der Waals surface area contributed by atoms with E-state index in [0.717, 1.165) is 31.1 Å². The van der Waals surface area contributed by atoms with Crippen LogP contribution in [0.2, 0.25) is 0 Å². The number of rotatable bonds is 6.